The topological polar surface area (TPSA) is 47.6 Å². The molecular weight excluding hydrogens is 254 g/mol. The fourth-order valence-corrected chi connectivity index (χ4v) is 3.20. The fraction of sp³-hybridized carbons (Fsp3) is 0.938. The van der Waals surface area contributed by atoms with E-state index in [9.17, 15) is 4.79 Å². The van der Waals surface area contributed by atoms with E-state index < -0.39 is 5.54 Å². The molecule has 4 nitrogen and oxygen atoms in total. The first kappa shape index (κ1) is 15.8. The Labute approximate surface area is 122 Å². The molecule has 2 aliphatic rings. The highest BCUT2D eigenvalue weighted by Gasteiger charge is 2.52. The molecule has 0 aliphatic heterocycles. The van der Waals surface area contributed by atoms with Gasteiger partial charge < -0.3 is 9.47 Å². The summed E-state index contributed by atoms with van der Waals surface area (Å²) in [6.07, 6.45) is 9.62. The van der Waals surface area contributed by atoms with Gasteiger partial charge in [0.15, 0.2) is 0 Å². The van der Waals surface area contributed by atoms with Crippen molar-refractivity contribution in [3.05, 3.63) is 0 Å². The number of hydrogen-bond acceptors (Lipinski definition) is 4. The fourth-order valence-electron chi connectivity index (χ4n) is 3.20. The van der Waals surface area contributed by atoms with Crippen LogP contribution in [-0.4, -0.2) is 37.9 Å². The largest absolute Gasteiger partial charge is 0.468 e. The molecule has 2 aliphatic carbocycles. The van der Waals surface area contributed by atoms with E-state index in [0.717, 1.165) is 38.6 Å². The van der Waals surface area contributed by atoms with Crippen LogP contribution in [-0.2, 0) is 14.3 Å². The van der Waals surface area contributed by atoms with Crippen molar-refractivity contribution in [2.75, 3.05) is 20.3 Å². The molecule has 20 heavy (non-hydrogen) atoms. The second-order valence-electron chi connectivity index (χ2n) is 6.24. The van der Waals surface area contributed by atoms with E-state index in [4.69, 9.17) is 9.47 Å². The second-order valence-corrected chi connectivity index (χ2v) is 6.24. The third-order valence-electron chi connectivity index (χ3n) is 4.61. The SMILES string of the molecule is CCCNC(COC1CCCCC1)(C(=O)OC)C1CC1. The highest BCUT2D eigenvalue weighted by atomic mass is 16.5. The Balaban J connectivity index is 1.98. The van der Waals surface area contributed by atoms with Gasteiger partial charge in [-0.05, 0) is 44.6 Å². The van der Waals surface area contributed by atoms with Gasteiger partial charge in [-0.25, -0.2) is 4.79 Å². The zero-order chi connectivity index (χ0) is 14.4. The Morgan fingerprint density at radius 3 is 2.45 bits per heavy atom. The highest BCUT2D eigenvalue weighted by Crippen LogP contribution is 2.41. The molecular formula is C16H29NO3. The van der Waals surface area contributed by atoms with Gasteiger partial charge in [-0.2, -0.15) is 0 Å². The minimum absolute atomic E-state index is 0.149. The van der Waals surface area contributed by atoms with Gasteiger partial charge in [-0.1, -0.05) is 26.2 Å². The number of hydrogen-bond donors (Lipinski definition) is 1. The number of ether oxygens (including phenoxy) is 2. The van der Waals surface area contributed by atoms with Crippen molar-refractivity contribution in [3.63, 3.8) is 0 Å². The van der Waals surface area contributed by atoms with Gasteiger partial charge >= 0.3 is 5.97 Å². The van der Waals surface area contributed by atoms with E-state index in [1.807, 2.05) is 0 Å². The predicted molar refractivity (Wildman–Crippen MR) is 78.6 cm³/mol. The van der Waals surface area contributed by atoms with E-state index in [1.54, 1.807) is 0 Å². The van der Waals surface area contributed by atoms with E-state index in [-0.39, 0.29) is 5.97 Å². The highest BCUT2D eigenvalue weighted by molar-refractivity contribution is 5.82. The molecule has 4 heteroatoms. The van der Waals surface area contributed by atoms with Crippen molar-refractivity contribution >= 4 is 5.97 Å². The lowest BCUT2D eigenvalue weighted by molar-refractivity contribution is -0.154. The normalized spacial score (nSPS) is 23.3. The Morgan fingerprint density at radius 1 is 1.20 bits per heavy atom. The Morgan fingerprint density at radius 2 is 1.90 bits per heavy atom. The molecule has 1 unspecified atom stereocenters. The predicted octanol–water partition coefficient (Wildman–Crippen LogP) is 2.66. The first-order valence-electron chi connectivity index (χ1n) is 8.18. The maximum Gasteiger partial charge on any atom is 0.328 e. The van der Waals surface area contributed by atoms with Crippen LogP contribution in [0.2, 0.25) is 0 Å². The van der Waals surface area contributed by atoms with Crippen LogP contribution in [0.5, 0.6) is 0 Å². The summed E-state index contributed by atoms with van der Waals surface area (Å²) in [5.41, 5.74) is -0.609. The zero-order valence-electron chi connectivity index (χ0n) is 13.0. The van der Waals surface area contributed by atoms with Crippen LogP contribution in [0.15, 0.2) is 0 Å². The smallest absolute Gasteiger partial charge is 0.328 e. The maximum atomic E-state index is 12.3. The van der Waals surface area contributed by atoms with E-state index >= 15 is 0 Å². The first-order valence-corrected chi connectivity index (χ1v) is 8.18. The summed E-state index contributed by atoms with van der Waals surface area (Å²) in [4.78, 5) is 12.3. The molecule has 0 aromatic rings. The molecule has 2 fully saturated rings. The number of carbonyl (C=O) groups is 1. The van der Waals surface area contributed by atoms with Crippen LogP contribution < -0.4 is 5.32 Å². The first-order chi connectivity index (χ1) is 9.73. The van der Waals surface area contributed by atoms with Crippen molar-refractivity contribution in [2.24, 2.45) is 5.92 Å². The summed E-state index contributed by atoms with van der Waals surface area (Å²) in [6.45, 7) is 3.42. The molecule has 116 valence electrons. The van der Waals surface area contributed by atoms with Gasteiger partial charge in [0, 0.05) is 0 Å². The minimum atomic E-state index is -0.609. The van der Waals surface area contributed by atoms with Gasteiger partial charge in [-0.15, -0.1) is 0 Å². The van der Waals surface area contributed by atoms with Crippen LogP contribution in [0.3, 0.4) is 0 Å². The lowest BCUT2D eigenvalue weighted by atomic mass is 9.93. The molecule has 0 saturated heterocycles. The third-order valence-corrected chi connectivity index (χ3v) is 4.61. The van der Waals surface area contributed by atoms with Gasteiger partial charge in [0.25, 0.3) is 0 Å². The average molecular weight is 283 g/mol. The van der Waals surface area contributed by atoms with Crippen LogP contribution in [0.4, 0.5) is 0 Å². The molecule has 0 amide bonds. The molecule has 0 radical (unpaired) electrons. The summed E-state index contributed by atoms with van der Waals surface area (Å²) in [5, 5.41) is 3.44. The van der Waals surface area contributed by atoms with Crippen LogP contribution in [0.1, 0.15) is 58.3 Å². The summed E-state index contributed by atoms with van der Waals surface area (Å²) >= 11 is 0. The van der Waals surface area contributed by atoms with E-state index in [1.165, 1.54) is 26.4 Å². The van der Waals surface area contributed by atoms with Crippen LogP contribution in [0.25, 0.3) is 0 Å². The summed E-state index contributed by atoms with van der Waals surface area (Å²) in [7, 11) is 1.48. The number of carbonyl (C=O) groups excluding carboxylic acids is 1. The minimum Gasteiger partial charge on any atom is -0.468 e. The Bertz CT molecular complexity index is 311. The summed E-state index contributed by atoms with van der Waals surface area (Å²) in [6, 6.07) is 0. The van der Waals surface area contributed by atoms with Gasteiger partial charge in [-0.3, -0.25) is 5.32 Å². The van der Waals surface area contributed by atoms with Gasteiger partial charge in [0.1, 0.15) is 5.54 Å². The lowest BCUT2D eigenvalue weighted by Gasteiger charge is -2.34. The molecule has 1 N–H and O–H groups in total. The Kier molecular flexibility index (Phi) is 5.85. The van der Waals surface area contributed by atoms with Crippen molar-refractivity contribution in [1.29, 1.82) is 0 Å². The van der Waals surface area contributed by atoms with Crippen LogP contribution >= 0.6 is 0 Å². The number of nitrogens with one attached hydrogen (secondary N) is 1. The average Bonchev–Trinajstić information content (AvgIpc) is 3.33. The zero-order valence-corrected chi connectivity index (χ0v) is 13.0. The standard InChI is InChI=1S/C16H29NO3/c1-3-11-17-16(13-9-10-13,15(18)19-2)12-20-14-7-5-4-6-8-14/h13-14,17H,3-12H2,1-2H3. The quantitative estimate of drug-likeness (QED) is 0.696. The van der Waals surface area contributed by atoms with E-state index in [2.05, 4.69) is 12.2 Å². The number of rotatable bonds is 8. The molecule has 0 bridgehead atoms. The monoisotopic (exact) mass is 283 g/mol. The molecule has 2 saturated carbocycles. The molecule has 0 spiro atoms. The van der Waals surface area contributed by atoms with Crippen molar-refractivity contribution in [1.82, 2.24) is 5.32 Å². The summed E-state index contributed by atoms with van der Waals surface area (Å²) in [5.74, 6) is 0.231. The Hall–Kier alpha value is -0.610. The van der Waals surface area contributed by atoms with Crippen molar-refractivity contribution in [2.45, 2.75) is 69.9 Å². The molecule has 0 aromatic carbocycles. The maximum absolute atomic E-state index is 12.3. The molecule has 1 atom stereocenters. The molecule has 0 heterocycles. The molecule has 2 rings (SSSR count). The van der Waals surface area contributed by atoms with Crippen molar-refractivity contribution < 1.29 is 14.3 Å². The van der Waals surface area contributed by atoms with Crippen molar-refractivity contribution in [3.8, 4) is 0 Å². The number of methoxy groups -OCH3 is 1. The lowest BCUT2D eigenvalue weighted by Crippen LogP contribution is -2.58. The third kappa shape index (κ3) is 3.73. The summed E-state index contributed by atoms with van der Waals surface area (Å²) < 4.78 is 11.2. The van der Waals surface area contributed by atoms with Gasteiger partial charge in [0.05, 0.1) is 19.8 Å². The van der Waals surface area contributed by atoms with Gasteiger partial charge in [0.2, 0.25) is 0 Å². The second kappa shape index (κ2) is 7.41. The van der Waals surface area contributed by atoms with Crippen LogP contribution in [0, 0.1) is 5.92 Å². The number of esters is 1. The molecule has 0 aromatic heterocycles. The van der Waals surface area contributed by atoms with E-state index in [0.29, 0.717) is 18.6 Å².